The van der Waals surface area contributed by atoms with Gasteiger partial charge in [0.15, 0.2) is 0 Å². The summed E-state index contributed by atoms with van der Waals surface area (Å²) in [6.45, 7) is 8.70. The van der Waals surface area contributed by atoms with Gasteiger partial charge in [0.2, 0.25) is 5.91 Å². The standard InChI is InChI=1S/C22H28N6O/c1-16(2)28-8-6-27(7-9-28)14-22(29)25-21-11-19-10-17(4-5-18(19)12-24-21)20-13-23-15-26(20)3/h4-5,10-13,15-16H,6-9,14H2,1-3H3,(H,24,25,29). The highest BCUT2D eigenvalue weighted by atomic mass is 16.2. The summed E-state index contributed by atoms with van der Waals surface area (Å²) in [5.74, 6) is 0.572. The smallest absolute Gasteiger partial charge is 0.239 e. The van der Waals surface area contributed by atoms with E-state index in [1.807, 2.05) is 29.9 Å². The number of rotatable bonds is 5. The molecule has 0 spiro atoms. The second-order valence-electron chi connectivity index (χ2n) is 7.98. The Morgan fingerprint density at radius 3 is 2.59 bits per heavy atom. The molecule has 0 atom stereocenters. The van der Waals surface area contributed by atoms with Crippen molar-refractivity contribution in [3.63, 3.8) is 0 Å². The number of benzene rings is 1. The number of piperazine rings is 1. The molecule has 3 aromatic rings. The Morgan fingerprint density at radius 1 is 1.10 bits per heavy atom. The van der Waals surface area contributed by atoms with E-state index in [1.54, 1.807) is 12.5 Å². The number of carbonyl (C=O) groups excluding carboxylic acids is 1. The van der Waals surface area contributed by atoms with E-state index in [0.29, 0.717) is 18.4 Å². The van der Waals surface area contributed by atoms with Gasteiger partial charge in [-0.3, -0.25) is 14.6 Å². The van der Waals surface area contributed by atoms with E-state index in [0.717, 1.165) is 48.2 Å². The molecule has 3 heterocycles. The molecule has 7 nitrogen and oxygen atoms in total. The topological polar surface area (TPSA) is 66.3 Å². The largest absolute Gasteiger partial charge is 0.334 e. The third-order valence-electron chi connectivity index (χ3n) is 5.61. The first kappa shape index (κ1) is 19.5. The maximum atomic E-state index is 12.5. The maximum absolute atomic E-state index is 12.5. The molecule has 0 bridgehead atoms. The number of amides is 1. The molecule has 1 aromatic carbocycles. The minimum Gasteiger partial charge on any atom is -0.334 e. The van der Waals surface area contributed by atoms with Crippen LogP contribution in [0.1, 0.15) is 13.8 Å². The molecule has 1 aliphatic rings. The monoisotopic (exact) mass is 392 g/mol. The molecule has 0 unspecified atom stereocenters. The van der Waals surface area contributed by atoms with Crippen LogP contribution in [0.5, 0.6) is 0 Å². The number of nitrogens with zero attached hydrogens (tertiary/aromatic N) is 5. The van der Waals surface area contributed by atoms with E-state index in [2.05, 4.69) is 51.1 Å². The average molecular weight is 393 g/mol. The Morgan fingerprint density at radius 2 is 1.90 bits per heavy atom. The number of fused-ring (bicyclic) bond motifs is 1. The summed E-state index contributed by atoms with van der Waals surface area (Å²) in [5, 5.41) is 5.04. The molecule has 1 fully saturated rings. The number of imidazole rings is 1. The summed E-state index contributed by atoms with van der Waals surface area (Å²) in [7, 11) is 1.98. The van der Waals surface area contributed by atoms with E-state index in [-0.39, 0.29) is 5.91 Å². The maximum Gasteiger partial charge on any atom is 0.239 e. The van der Waals surface area contributed by atoms with Crippen molar-refractivity contribution >= 4 is 22.5 Å². The van der Waals surface area contributed by atoms with Crippen molar-refractivity contribution < 1.29 is 4.79 Å². The third-order valence-corrected chi connectivity index (χ3v) is 5.61. The van der Waals surface area contributed by atoms with Gasteiger partial charge in [0.05, 0.1) is 24.8 Å². The predicted octanol–water partition coefficient (Wildman–Crippen LogP) is 2.60. The van der Waals surface area contributed by atoms with Crippen LogP contribution in [0, 0.1) is 0 Å². The first-order valence-corrected chi connectivity index (χ1v) is 10.1. The van der Waals surface area contributed by atoms with Crippen molar-refractivity contribution in [3.8, 4) is 11.3 Å². The lowest BCUT2D eigenvalue weighted by molar-refractivity contribution is -0.117. The van der Waals surface area contributed by atoms with Crippen LogP contribution in [0.15, 0.2) is 43.0 Å². The zero-order valence-corrected chi connectivity index (χ0v) is 17.3. The Kier molecular flexibility index (Phi) is 5.60. The SMILES string of the molecule is CC(C)N1CCN(CC(=O)Nc2cc3cc(-c4cncn4C)ccc3cn2)CC1. The third kappa shape index (κ3) is 4.46. The number of hydrogen-bond acceptors (Lipinski definition) is 5. The second kappa shape index (κ2) is 8.31. The van der Waals surface area contributed by atoms with Gasteiger partial charge < -0.3 is 9.88 Å². The van der Waals surface area contributed by atoms with Gasteiger partial charge >= 0.3 is 0 Å². The predicted molar refractivity (Wildman–Crippen MR) is 116 cm³/mol. The van der Waals surface area contributed by atoms with Crippen LogP contribution >= 0.6 is 0 Å². The van der Waals surface area contributed by atoms with Crippen molar-refractivity contribution in [1.29, 1.82) is 0 Å². The highest BCUT2D eigenvalue weighted by molar-refractivity contribution is 5.94. The molecular formula is C22H28N6O. The number of nitrogens with one attached hydrogen (secondary N) is 1. The minimum absolute atomic E-state index is 0.0161. The zero-order chi connectivity index (χ0) is 20.4. The van der Waals surface area contributed by atoms with Gasteiger partial charge in [-0.25, -0.2) is 9.97 Å². The normalized spacial score (nSPS) is 15.9. The molecule has 152 valence electrons. The molecule has 4 rings (SSSR count). The molecular weight excluding hydrogens is 364 g/mol. The quantitative estimate of drug-likeness (QED) is 0.723. The fraction of sp³-hybridized carbons (Fsp3) is 0.409. The minimum atomic E-state index is -0.0161. The van der Waals surface area contributed by atoms with Gasteiger partial charge in [-0.05, 0) is 31.4 Å². The van der Waals surface area contributed by atoms with Crippen molar-refractivity contribution in [2.75, 3.05) is 38.0 Å². The molecule has 29 heavy (non-hydrogen) atoms. The molecule has 1 N–H and O–H groups in total. The summed E-state index contributed by atoms with van der Waals surface area (Å²) in [6, 6.07) is 8.71. The molecule has 0 aliphatic carbocycles. The Balaban J connectivity index is 1.42. The summed E-state index contributed by atoms with van der Waals surface area (Å²) >= 11 is 0. The molecule has 1 aliphatic heterocycles. The number of hydrogen-bond donors (Lipinski definition) is 1. The van der Waals surface area contributed by atoms with Gasteiger partial charge in [0, 0.05) is 56.4 Å². The van der Waals surface area contributed by atoms with Crippen molar-refractivity contribution in [1.82, 2.24) is 24.3 Å². The molecule has 7 heteroatoms. The first-order chi connectivity index (χ1) is 14.0. The van der Waals surface area contributed by atoms with Gasteiger partial charge in [0.25, 0.3) is 0 Å². The van der Waals surface area contributed by atoms with Crippen LogP contribution in [0.25, 0.3) is 22.0 Å². The lowest BCUT2D eigenvalue weighted by Gasteiger charge is -2.36. The van der Waals surface area contributed by atoms with E-state index in [1.165, 1.54) is 0 Å². The number of anilines is 1. The average Bonchev–Trinajstić information content (AvgIpc) is 3.13. The van der Waals surface area contributed by atoms with E-state index in [9.17, 15) is 4.79 Å². The van der Waals surface area contributed by atoms with Crippen LogP contribution in [0.2, 0.25) is 0 Å². The fourth-order valence-corrected chi connectivity index (χ4v) is 3.83. The van der Waals surface area contributed by atoms with Crippen molar-refractivity contribution in [2.45, 2.75) is 19.9 Å². The lowest BCUT2D eigenvalue weighted by Crippen LogP contribution is -2.50. The van der Waals surface area contributed by atoms with Crippen LogP contribution in [0.4, 0.5) is 5.82 Å². The Labute approximate surface area is 171 Å². The van der Waals surface area contributed by atoms with E-state index < -0.39 is 0 Å². The van der Waals surface area contributed by atoms with E-state index >= 15 is 0 Å². The number of aromatic nitrogens is 3. The fourth-order valence-electron chi connectivity index (χ4n) is 3.83. The van der Waals surface area contributed by atoms with E-state index in [4.69, 9.17) is 0 Å². The van der Waals surface area contributed by atoms with Crippen LogP contribution < -0.4 is 5.32 Å². The van der Waals surface area contributed by atoms with Gasteiger partial charge in [-0.15, -0.1) is 0 Å². The molecule has 0 radical (unpaired) electrons. The summed E-state index contributed by atoms with van der Waals surface area (Å²) < 4.78 is 1.99. The van der Waals surface area contributed by atoms with Gasteiger partial charge in [0.1, 0.15) is 5.82 Å². The lowest BCUT2D eigenvalue weighted by atomic mass is 10.1. The number of aryl methyl sites for hydroxylation is 1. The summed E-state index contributed by atoms with van der Waals surface area (Å²) in [5.41, 5.74) is 2.14. The molecule has 1 saturated heterocycles. The summed E-state index contributed by atoms with van der Waals surface area (Å²) in [4.78, 5) is 25.8. The van der Waals surface area contributed by atoms with Crippen LogP contribution in [-0.4, -0.2) is 69.0 Å². The second-order valence-corrected chi connectivity index (χ2v) is 7.98. The highest BCUT2D eigenvalue weighted by Gasteiger charge is 2.20. The summed E-state index contributed by atoms with van der Waals surface area (Å²) in [6.07, 6.45) is 5.45. The molecule has 1 amide bonds. The van der Waals surface area contributed by atoms with Crippen molar-refractivity contribution in [3.05, 3.63) is 43.0 Å². The van der Waals surface area contributed by atoms with Crippen LogP contribution in [0.3, 0.4) is 0 Å². The Hall–Kier alpha value is -2.77. The highest BCUT2D eigenvalue weighted by Crippen LogP contribution is 2.25. The number of carbonyl (C=O) groups is 1. The van der Waals surface area contributed by atoms with Gasteiger partial charge in [-0.1, -0.05) is 12.1 Å². The number of pyridine rings is 1. The van der Waals surface area contributed by atoms with Crippen LogP contribution in [-0.2, 0) is 11.8 Å². The van der Waals surface area contributed by atoms with Crippen molar-refractivity contribution in [2.24, 2.45) is 7.05 Å². The Bertz CT molecular complexity index is 1000. The first-order valence-electron chi connectivity index (χ1n) is 10.1. The zero-order valence-electron chi connectivity index (χ0n) is 17.3. The molecule has 2 aromatic heterocycles. The van der Waals surface area contributed by atoms with Gasteiger partial charge in [-0.2, -0.15) is 0 Å². The molecule has 0 saturated carbocycles.